The van der Waals surface area contributed by atoms with E-state index in [0.29, 0.717) is 6.54 Å². The molecule has 1 rings (SSSR count). The molecule has 0 fully saturated rings. The Bertz CT molecular complexity index is 301. The smallest absolute Gasteiger partial charge is 0.249 e. The number of halogens is 1. The van der Waals surface area contributed by atoms with Crippen molar-refractivity contribution in [2.24, 2.45) is 0 Å². The van der Waals surface area contributed by atoms with Crippen LogP contribution in [0.1, 0.15) is 5.56 Å². The zero-order valence-electron chi connectivity index (χ0n) is 6.92. The Morgan fingerprint density at radius 3 is 2.85 bits per heavy atom. The van der Waals surface area contributed by atoms with Gasteiger partial charge in [0, 0.05) is 11.0 Å². The van der Waals surface area contributed by atoms with Crippen molar-refractivity contribution in [3.05, 3.63) is 34.3 Å². The summed E-state index contributed by atoms with van der Waals surface area (Å²) in [5, 5.41) is 12.6. The molecule has 0 saturated carbocycles. The highest BCUT2D eigenvalue weighted by Crippen LogP contribution is 2.11. The molecule has 0 unspecified atom stereocenters. The van der Waals surface area contributed by atoms with Gasteiger partial charge in [0.05, 0.1) is 0 Å². The molecule has 1 aromatic rings. The van der Waals surface area contributed by atoms with Crippen molar-refractivity contribution < 1.29 is 9.90 Å². The Morgan fingerprint density at radius 1 is 1.46 bits per heavy atom. The molecule has 3 nitrogen and oxygen atoms in total. The van der Waals surface area contributed by atoms with Crippen molar-refractivity contribution in [3.8, 4) is 0 Å². The lowest BCUT2D eigenvalue weighted by atomic mass is 10.2. The lowest BCUT2D eigenvalue weighted by Crippen LogP contribution is -2.24. The van der Waals surface area contributed by atoms with Crippen molar-refractivity contribution in [3.63, 3.8) is 0 Å². The van der Waals surface area contributed by atoms with E-state index in [4.69, 9.17) is 0 Å². The largest absolute Gasteiger partial charge is 0.350 e. The molecule has 69 valence electrons. The summed E-state index contributed by atoms with van der Waals surface area (Å²) in [5.41, 5.74) is 0.969. The number of benzene rings is 1. The summed E-state index contributed by atoms with van der Waals surface area (Å²) in [6, 6.07) is 7.56. The fourth-order valence-corrected chi connectivity index (χ4v) is 1.35. The quantitative estimate of drug-likeness (QED) is 0.859. The molecule has 0 spiro atoms. The van der Waals surface area contributed by atoms with Crippen molar-refractivity contribution in [2.75, 3.05) is 6.61 Å². The SMILES string of the molecule is [O]CC(=O)NCc1cccc(Br)c1. The maximum Gasteiger partial charge on any atom is 0.249 e. The minimum Gasteiger partial charge on any atom is -0.350 e. The van der Waals surface area contributed by atoms with Gasteiger partial charge in [0.1, 0.15) is 0 Å². The van der Waals surface area contributed by atoms with E-state index in [0.717, 1.165) is 10.0 Å². The molecular formula is C9H9BrNO2. The average molecular weight is 243 g/mol. The molecule has 13 heavy (non-hydrogen) atoms. The Hall–Kier alpha value is -0.870. The van der Waals surface area contributed by atoms with E-state index in [1.807, 2.05) is 24.3 Å². The Balaban J connectivity index is 2.50. The number of carbonyl (C=O) groups is 1. The molecule has 1 N–H and O–H groups in total. The molecule has 0 aliphatic carbocycles. The Morgan fingerprint density at radius 2 is 2.23 bits per heavy atom. The lowest BCUT2D eigenvalue weighted by molar-refractivity contribution is -0.125. The number of hydrogen-bond acceptors (Lipinski definition) is 1. The van der Waals surface area contributed by atoms with Crippen LogP contribution in [0.15, 0.2) is 28.7 Å². The van der Waals surface area contributed by atoms with Gasteiger partial charge in [0.15, 0.2) is 6.61 Å². The van der Waals surface area contributed by atoms with Gasteiger partial charge < -0.3 is 5.32 Å². The Kier molecular flexibility index (Phi) is 3.92. The van der Waals surface area contributed by atoms with Crippen LogP contribution < -0.4 is 5.32 Å². The van der Waals surface area contributed by atoms with Crippen LogP contribution in [-0.2, 0) is 16.4 Å². The third-order valence-corrected chi connectivity index (χ3v) is 2.00. The van der Waals surface area contributed by atoms with Crippen LogP contribution in [0.2, 0.25) is 0 Å². The van der Waals surface area contributed by atoms with Gasteiger partial charge in [-0.05, 0) is 17.7 Å². The van der Waals surface area contributed by atoms with E-state index in [-0.39, 0.29) is 0 Å². The second-order valence-electron chi connectivity index (χ2n) is 2.55. The predicted molar refractivity (Wildman–Crippen MR) is 51.5 cm³/mol. The van der Waals surface area contributed by atoms with Crippen LogP contribution >= 0.6 is 15.9 Å². The topological polar surface area (TPSA) is 49.0 Å². The number of rotatable bonds is 3. The van der Waals surface area contributed by atoms with Gasteiger partial charge in [-0.3, -0.25) is 4.79 Å². The standard InChI is InChI=1S/C9H9BrNO2/c10-8-3-1-2-7(4-8)5-11-9(13)6-12/h1-4H,5-6H2,(H,11,13). The molecule has 0 aliphatic rings. The number of nitrogens with one attached hydrogen (secondary N) is 1. The summed E-state index contributed by atoms with van der Waals surface area (Å²) in [6.45, 7) is -0.311. The number of carbonyl (C=O) groups excluding carboxylic acids is 1. The fourth-order valence-electron chi connectivity index (χ4n) is 0.899. The highest BCUT2D eigenvalue weighted by atomic mass is 79.9. The molecular weight excluding hydrogens is 234 g/mol. The van der Waals surface area contributed by atoms with Crippen LogP contribution in [-0.4, -0.2) is 12.5 Å². The summed E-state index contributed by atoms with van der Waals surface area (Å²) < 4.78 is 0.960. The zero-order valence-corrected chi connectivity index (χ0v) is 8.50. The van der Waals surface area contributed by atoms with Crippen LogP contribution in [0.5, 0.6) is 0 Å². The highest BCUT2D eigenvalue weighted by Gasteiger charge is 1.98. The summed E-state index contributed by atoms with van der Waals surface area (Å²) in [6.07, 6.45) is 0. The van der Waals surface area contributed by atoms with Crippen molar-refractivity contribution >= 4 is 21.8 Å². The number of hydrogen-bond donors (Lipinski definition) is 1. The molecule has 1 aromatic carbocycles. The average Bonchev–Trinajstić information content (AvgIpc) is 2.14. The van der Waals surface area contributed by atoms with Gasteiger partial charge in [-0.1, -0.05) is 28.1 Å². The minimum atomic E-state index is -0.714. The van der Waals surface area contributed by atoms with Gasteiger partial charge >= 0.3 is 0 Å². The molecule has 0 bridgehead atoms. The van der Waals surface area contributed by atoms with E-state index in [1.54, 1.807) is 0 Å². The van der Waals surface area contributed by atoms with Crippen molar-refractivity contribution in [2.45, 2.75) is 6.54 Å². The molecule has 1 amide bonds. The fraction of sp³-hybridized carbons (Fsp3) is 0.222. The first-order valence-corrected chi connectivity index (χ1v) is 4.61. The summed E-state index contributed by atoms with van der Waals surface area (Å²) >= 11 is 3.31. The Labute approximate surface area is 84.9 Å². The van der Waals surface area contributed by atoms with E-state index in [2.05, 4.69) is 21.2 Å². The van der Waals surface area contributed by atoms with Gasteiger partial charge in [0.2, 0.25) is 5.91 Å². The first-order chi connectivity index (χ1) is 6.22. The van der Waals surface area contributed by atoms with E-state index in [9.17, 15) is 9.90 Å². The van der Waals surface area contributed by atoms with Gasteiger partial charge in [0.25, 0.3) is 0 Å². The third kappa shape index (κ3) is 3.57. The molecule has 0 aliphatic heterocycles. The minimum absolute atomic E-state index is 0.403. The molecule has 1 radical (unpaired) electrons. The summed E-state index contributed by atoms with van der Waals surface area (Å²) in [4.78, 5) is 10.6. The van der Waals surface area contributed by atoms with Crippen molar-refractivity contribution in [1.29, 1.82) is 0 Å². The normalized spacial score (nSPS) is 9.69. The monoisotopic (exact) mass is 242 g/mol. The zero-order chi connectivity index (χ0) is 9.68. The van der Waals surface area contributed by atoms with Gasteiger partial charge in [-0.2, -0.15) is 0 Å². The van der Waals surface area contributed by atoms with Crippen LogP contribution in [0.4, 0.5) is 0 Å². The second-order valence-corrected chi connectivity index (χ2v) is 3.47. The van der Waals surface area contributed by atoms with Crippen LogP contribution in [0.25, 0.3) is 0 Å². The van der Waals surface area contributed by atoms with E-state index in [1.165, 1.54) is 0 Å². The van der Waals surface area contributed by atoms with Crippen LogP contribution in [0.3, 0.4) is 0 Å². The molecule has 0 saturated heterocycles. The second kappa shape index (κ2) is 4.99. The summed E-state index contributed by atoms with van der Waals surface area (Å²) in [7, 11) is 0. The van der Waals surface area contributed by atoms with Crippen molar-refractivity contribution in [1.82, 2.24) is 5.32 Å². The summed E-state index contributed by atoms with van der Waals surface area (Å²) in [5.74, 6) is -0.472. The number of amides is 1. The maximum atomic E-state index is 10.6. The van der Waals surface area contributed by atoms with E-state index >= 15 is 0 Å². The third-order valence-electron chi connectivity index (χ3n) is 1.51. The lowest BCUT2D eigenvalue weighted by Gasteiger charge is -2.02. The first kappa shape index (κ1) is 10.2. The van der Waals surface area contributed by atoms with E-state index < -0.39 is 12.5 Å². The highest BCUT2D eigenvalue weighted by molar-refractivity contribution is 9.10. The van der Waals surface area contributed by atoms with Crippen LogP contribution in [0, 0.1) is 0 Å². The van der Waals surface area contributed by atoms with Gasteiger partial charge in [-0.15, -0.1) is 0 Å². The van der Waals surface area contributed by atoms with Gasteiger partial charge in [-0.25, -0.2) is 5.11 Å². The molecule has 4 heteroatoms. The first-order valence-electron chi connectivity index (χ1n) is 3.81. The maximum absolute atomic E-state index is 10.6. The molecule has 0 atom stereocenters. The predicted octanol–water partition coefficient (Wildman–Crippen LogP) is 1.50. The molecule has 0 aromatic heterocycles. The molecule has 0 heterocycles.